The number of rotatable bonds is 5. The minimum atomic E-state index is 0.450. The van der Waals surface area contributed by atoms with Gasteiger partial charge in [0.2, 0.25) is 0 Å². The van der Waals surface area contributed by atoms with Crippen LogP contribution in [0.25, 0.3) is 98.0 Å². The lowest BCUT2D eigenvalue weighted by Crippen LogP contribution is -1.93. The summed E-state index contributed by atoms with van der Waals surface area (Å²) in [5, 5.41) is 24.8. The number of nitrogens with zero attached hydrogens (tertiary/aromatic N) is 5. The summed E-state index contributed by atoms with van der Waals surface area (Å²) < 4.78 is 5.60. The molecule has 0 aliphatic carbocycles. The molecule has 0 saturated carbocycles. The van der Waals surface area contributed by atoms with Gasteiger partial charge in [-0.1, -0.05) is 60.7 Å². The van der Waals surface area contributed by atoms with Crippen molar-refractivity contribution in [2.75, 3.05) is 0 Å². The van der Waals surface area contributed by atoms with Crippen molar-refractivity contribution >= 4 is 65.2 Å². The van der Waals surface area contributed by atoms with Gasteiger partial charge in [-0.25, -0.2) is 4.98 Å². The average Bonchev–Trinajstić information content (AvgIpc) is 3.96. The number of para-hydroxylation sites is 3. The average molecular weight is 742 g/mol. The molecule has 0 aliphatic heterocycles. The second kappa shape index (κ2) is 12.8. The molecule has 0 spiro atoms. The van der Waals surface area contributed by atoms with Gasteiger partial charge in [-0.2, -0.15) is 10.5 Å². The Bertz CT molecular complexity index is 3260. The van der Waals surface area contributed by atoms with Crippen LogP contribution in [0.2, 0.25) is 0 Å². The number of nitriles is 2. The van der Waals surface area contributed by atoms with E-state index in [4.69, 9.17) is 4.98 Å². The summed E-state index contributed by atoms with van der Waals surface area (Å²) >= 11 is 1.69. The largest absolute Gasteiger partial charge is 0.309 e. The Hall–Kier alpha value is -7.95. The fourth-order valence-electron chi connectivity index (χ4n) is 8.18. The quantitative estimate of drug-likeness (QED) is 0.176. The summed E-state index contributed by atoms with van der Waals surface area (Å²) in [5.74, 6) is 0. The lowest BCUT2D eigenvalue weighted by Gasteiger charge is -2.12. The lowest BCUT2D eigenvalue weighted by molar-refractivity contribution is 1.18. The summed E-state index contributed by atoms with van der Waals surface area (Å²) in [7, 11) is 0. The molecule has 3 heterocycles. The number of fused-ring (bicyclic) bond motifs is 7. The van der Waals surface area contributed by atoms with Crippen LogP contribution in [-0.2, 0) is 0 Å². The first-order valence-corrected chi connectivity index (χ1v) is 19.4. The molecule has 11 aromatic rings. The number of hydrogen-bond donors (Lipinski definition) is 0. The third-order valence-corrected chi connectivity index (χ3v) is 11.9. The Morgan fingerprint density at radius 3 is 1.72 bits per heavy atom. The number of aromatic nitrogens is 3. The van der Waals surface area contributed by atoms with Gasteiger partial charge in [0.05, 0.1) is 38.4 Å². The van der Waals surface area contributed by atoms with Crippen LogP contribution in [0.4, 0.5) is 0 Å². The van der Waals surface area contributed by atoms with E-state index in [9.17, 15) is 10.5 Å². The van der Waals surface area contributed by atoms with E-state index in [1.807, 2.05) is 54.6 Å². The van der Waals surface area contributed by atoms with E-state index >= 15 is 0 Å². The Balaban J connectivity index is 1.15. The maximum absolute atomic E-state index is 9.89. The number of thiazole rings is 1. The minimum Gasteiger partial charge on any atom is -0.309 e. The van der Waals surface area contributed by atoms with E-state index in [0.717, 1.165) is 98.0 Å². The summed E-state index contributed by atoms with van der Waals surface area (Å²) in [6, 6.07) is 67.6. The predicted molar refractivity (Wildman–Crippen MR) is 232 cm³/mol. The molecule has 0 amide bonds. The molecule has 0 atom stereocenters. The molecule has 0 N–H and O–H groups in total. The fraction of sp³-hybridized carbons (Fsp3) is 0. The lowest BCUT2D eigenvalue weighted by atomic mass is 9.94. The highest BCUT2D eigenvalue weighted by Crippen LogP contribution is 2.41. The van der Waals surface area contributed by atoms with Crippen molar-refractivity contribution in [3.8, 4) is 56.3 Å². The van der Waals surface area contributed by atoms with Gasteiger partial charge >= 0.3 is 0 Å². The summed E-state index contributed by atoms with van der Waals surface area (Å²) in [5.41, 5.74) is 13.4. The first-order chi connectivity index (χ1) is 28.1. The molecule has 5 nitrogen and oxygen atoms in total. The highest BCUT2D eigenvalue weighted by molar-refractivity contribution is 7.21. The second-order valence-electron chi connectivity index (χ2n) is 14.1. The van der Waals surface area contributed by atoms with Crippen LogP contribution in [0, 0.1) is 34.8 Å². The van der Waals surface area contributed by atoms with Gasteiger partial charge in [-0.05, 0) is 138 Å². The van der Waals surface area contributed by atoms with Crippen molar-refractivity contribution in [3.63, 3.8) is 0 Å². The monoisotopic (exact) mass is 741 g/mol. The van der Waals surface area contributed by atoms with Gasteiger partial charge in [0.15, 0.2) is 0 Å². The number of hydrogen-bond acceptors (Lipinski definition) is 4. The van der Waals surface area contributed by atoms with Crippen LogP contribution >= 0.6 is 11.3 Å². The second-order valence-corrected chi connectivity index (χ2v) is 15.1. The van der Waals surface area contributed by atoms with Crippen LogP contribution in [-0.4, -0.2) is 14.1 Å². The molecule has 11 rings (SSSR count). The minimum absolute atomic E-state index is 0.450. The van der Waals surface area contributed by atoms with Crippen molar-refractivity contribution in [1.29, 1.82) is 10.5 Å². The standard InChI is InChI=1S/C51H27N5S/c52-30-32-15-19-46-41(23-32)43-28-34(17-21-48(43)55(46)39-9-3-1-4-10-39)36-25-37(27-38(26-36)51-54-45-13-7-8-14-50(45)57-51)35-18-22-49-44(29-35)42-24-33(31-53)16-20-47(42)56(49)40-11-5-2-6-12-40/h1-15,17-19,21-29H. The van der Waals surface area contributed by atoms with Crippen LogP contribution in [0.15, 0.2) is 164 Å². The highest BCUT2D eigenvalue weighted by atomic mass is 32.1. The number of benzene rings is 7. The highest BCUT2D eigenvalue weighted by Gasteiger charge is 2.18. The topological polar surface area (TPSA) is 70.3 Å². The van der Waals surface area contributed by atoms with Crippen molar-refractivity contribution in [2.45, 2.75) is 0 Å². The molecule has 0 unspecified atom stereocenters. The van der Waals surface area contributed by atoms with Crippen molar-refractivity contribution < 1.29 is 0 Å². The Labute approximate surface area is 331 Å². The maximum Gasteiger partial charge on any atom is 0.124 e. The zero-order chi connectivity index (χ0) is 38.0. The fourth-order valence-corrected chi connectivity index (χ4v) is 9.14. The molecule has 0 aliphatic rings. The third kappa shape index (κ3) is 5.27. The molecule has 8 aromatic carbocycles. The smallest absolute Gasteiger partial charge is 0.124 e. The molecule has 0 fully saturated rings. The molecule has 6 heteroatoms. The SMILES string of the molecule is N#Cc1c#cc2c(c1)c1cc(-c3cc(-c4ccc5c(c4)c4cc(C#N)ccc4n5-c4ccccc4)cc(-c4nc5ccccc5s4)c3)ccc1n2-c1ccccc1. The van der Waals surface area contributed by atoms with Crippen LogP contribution in [0.3, 0.4) is 0 Å². The zero-order valence-electron chi connectivity index (χ0n) is 30.2. The van der Waals surface area contributed by atoms with Crippen LogP contribution in [0.5, 0.6) is 0 Å². The molecule has 262 valence electrons. The maximum atomic E-state index is 9.89. The molecule has 0 radical (unpaired) electrons. The van der Waals surface area contributed by atoms with Crippen LogP contribution < -0.4 is 0 Å². The first-order valence-electron chi connectivity index (χ1n) is 18.6. The third-order valence-electron chi connectivity index (χ3n) is 10.8. The van der Waals surface area contributed by atoms with E-state index in [-0.39, 0.29) is 0 Å². The zero-order valence-corrected chi connectivity index (χ0v) is 31.0. The summed E-state index contributed by atoms with van der Waals surface area (Å²) in [6.07, 6.45) is 0. The summed E-state index contributed by atoms with van der Waals surface area (Å²) in [6.45, 7) is 0. The van der Waals surface area contributed by atoms with E-state index in [0.29, 0.717) is 11.1 Å². The summed E-state index contributed by atoms with van der Waals surface area (Å²) in [4.78, 5) is 5.09. The van der Waals surface area contributed by atoms with E-state index < -0.39 is 0 Å². The Morgan fingerprint density at radius 1 is 0.474 bits per heavy atom. The van der Waals surface area contributed by atoms with Gasteiger partial charge in [-0.3, -0.25) is 0 Å². The van der Waals surface area contributed by atoms with E-state index in [2.05, 4.69) is 143 Å². The van der Waals surface area contributed by atoms with Crippen molar-refractivity contribution in [3.05, 3.63) is 187 Å². The van der Waals surface area contributed by atoms with Gasteiger partial charge in [0.1, 0.15) is 22.2 Å². The molecular formula is C51H27N5S. The van der Waals surface area contributed by atoms with Crippen LogP contribution in [0.1, 0.15) is 11.1 Å². The molecule has 0 bridgehead atoms. The van der Waals surface area contributed by atoms with Gasteiger partial charge in [-0.15, -0.1) is 11.3 Å². The Morgan fingerprint density at radius 2 is 1.05 bits per heavy atom. The van der Waals surface area contributed by atoms with E-state index in [1.54, 1.807) is 11.3 Å². The van der Waals surface area contributed by atoms with E-state index in [1.165, 1.54) is 0 Å². The van der Waals surface area contributed by atoms with Gasteiger partial charge < -0.3 is 9.13 Å². The van der Waals surface area contributed by atoms with Crippen molar-refractivity contribution in [2.24, 2.45) is 0 Å². The Kier molecular flexibility index (Phi) is 7.31. The van der Waals surface area contributed by atoms with Crippen molar-refractivity contribution in [1.82, 2.24) is 14.1 Å². The molecule has 3 aromatic heterocycles. The van der Waals surface area contributed by atoms with Gasteiger partial charge in [0.25, 0.3) is 0 Å². The van der Waals surface area contributed by atoms with Gasteiger partial charge in [0, 0.05) is 38.5 Å². The normalized spacial score (nSPS) is 11.3. The molecule has 0 saturated heterocycles. The molecular weight excluding hydrogens is 715 g/mol. The first kappa shape index (κ1) is 32.5. The molecule has 57 heavy (non-hydrogen) atoms. The predicted octanol–water partition coefficient (Wildman–Crippen LogP) is 12.8.